The van der Waals surface area contributed by atoms with Gasteiger partial charge in [-0.1, -0.05) is 11.6 Å². The Morgan fingerprint density at radius 2 is 2.30 bits per heavy atom. The van der Waals surface area contributed by atoms with Crippen molar-refractivity contribution in [3.63, 3.8) is 0 Å². The van der Waals surface area contributed by atoms with Gasteiger partial charge >= 0.3 is 0 Å². The first-order valence-electron chi connectivity index (χ1n) is 6.08. The van der Waals surface area contributed by atoms with E-state index in [1.807, 2.05) is 19.3 Å². The lowest BCUT2D eigenvalue weighted by atomic mass is 10.4. The normalized spacial score (nSPS) is 10.8. The Bertz CT molecular complexity index is 637. The first-order valence-corrected chi connectivity index (χ1v) is 6.46. The Hall–Kier alpha value is -1.86. The number of halogens is 1. The van der Waals surface area contributed by atoms with Crippen LogP contribution in [0.5, 0.6) is 0 Å². The van der Waals surface area contributed by atoms with E-state index in [0.29, 0.717) is 25.4 Å². The third-order valence-corrected chi connectivity index (χ3v) is 3.09. The van der Waals surface area contributed by atoms with Crippen LogP contribution in [0.4, 0.5) is 5.69 Å². The molecule has 2 heterocycles. The maximum Gasteiger partial charge on any atom is 0.287 e. The van der Waals surface area contributed by atoms with Gasteiger partial charge in [0.15, 0.2) is 0 Å². The first-order chi connectivity index (χ1) is 9.61. The summed E-state index contributed by atoms with van der Waals surface area (Å²) < 4.78 is 7.89. The van der Waals surface area contributed by atoms with Gasteiger partial charge in [0.1, 0.15) is 5.02 Å². The fourth-order valence-corrected chi connectivity index (χ4v) is 1.88. The number of nitrogens with one attached hydrogen (secondary N) is 1. The number of aromatic nitrogens is 4. The second-order valence-corrected chi connectivity index (χ2v) is 4.61. The first kappa shape index (κ1) is 14.5. The number of aryl methyl sites for hydroxylation is 1. The van der Waals surface area contributed by atoms with Crippen molar-refractivity contribution in [1.82, 2.24) is 19.6 Å². The fourth-order valence-electron chi connectivity index (χ4n) is 1.67. The minimum absolute atomic E-state index is 0.118. The molecule has 2 aromatic rings. The van der Waals surface area contributed by atoms with Crippen LogP contribution in [0.25, 0.3) is 0 Å². The van der Waals surface area contributed by atoms with E-state index in [9.17, 15) is 4.79 Å². The third-order valence-electron chi connectivity index (χ3n) is 2.72. The molecule has 2 rings (SSSR count). The number of hydrogen-bond acceptors (Lipinski definition) is 5. The molecule has 0 amide bonds. The number of rotatable bonds is 6. The molecule has 7 nitrogen and oxygen atoms in total. The molecule has 0 spiro atoms. The van der Waals surface area contributed by atoms with Crippen molar-refractivity contribution in [3.05, 3.63) is 39.5 Å². The zero-order valence-corrected chi connectivity index (χ0v) is 12.1. The van der Waals surface area contributed by atoms with E-state index in [1.165, 1.54) is 10.9 Å². The maximum absolute atomic E-state index is 12.0. The average molecular weight is 298 g/mol. The van der Waals surface area contributed by atoms with Gasteiger partial charge in [-0.15, -0.1) is 0 Å². The molecular weight excluding hydrogens is 282 g/mol. The molecule has 0 bridgehead atoms. The summed E-state index contributed by atoms with van der Waals surface area (Å²) in [6.07, 6.45) is 3.38. The van der Waals surface area contributed by atoms with Crippen molar-refractivity contribution < 1.29 is 4.74 Å². The van der Waals surface area contributed by atoms with E-state index in [4.69, 9.17) is 16.3 Å². The van der Waals surface area contributed by atoms with Gasteiger partial charge < -0.3 is 10.1 Å². The highest BCUT2D eigenvalue weighted by Gasteiger charge is 2.09. The number of methoxy groups -OCH3 is 1. The summed E-state index contributed by atoms with van der Waals surface area (Å²) in [6, 6.07) is 1.88. The summed E-state index contributed by atoms with van der Waals surface area (Å²) in [5.74, 6) is 0. The van der Waals surface area contributed by atoms with E-state index in [-0.39, 0.29) is 10.6 Å². The molecule has 0 saturated carbocycles. The fraction of sp³-hybridized carbons (Fsp3) is 0.417. The van der Waals surface area contributed by atoms with Crippen molar-refractivity contribution >= 4 is 17.3 Å². The van der Waals surface area contributed by atoms with Gasteiger partial charge in [0.05, 0.1) is 37.3 Å². The minimum atomic E-state index is -0.338. The number of anilines is 1. The van der Waals surface area contributed by atoms with Crippen LogP contribution in [0.3, 0.4) is 0 Å². The maximum atomic E-state index is 12.0. The van der Waals surface area contributed by atoms with Crippen LogP contribution in [-0.4, -0.2) is 33.3 Å². The lowest BCUT2D eigenvalue weighted by Crippen LogP contribution is -2.26. The van der Waals surface area contributed by atoms with Crippen molar-refractivity contribution in [2.45, 2.75) is 13.1 Å². The van der Waals surface area contributed by atoms with Gasteiger partial charge in [0.25, 0.3) is 5.56 Å². The molecule has 0 aliphatic heterocycles. The molecular formula is C12H16ClN5O2. The molecule has 0 fully saturated rings. The van der Waals surface area contributed by atoms with E-state index in [1.54, 1.807) is 11.8 Å². The molecule has 8 heteroatoms. The van der Waals surface area contributed by atoms with E-state index in [2.05, 4.69) is 15.5 Å². The predicted octanol–water partition coefficient (Wildman–Crippen LogP) is 0.889. The Morgan fingerprint density at radius 1 is 1.50 bits per heavy atom. The summed E-state index contributed by atoms with van der Waals surface area (Å²) >= 11 is 6.05. The largest absolute Gasteiger partial charge is 0.383 e. The van der Waals surface area contributed by atoms with Gasteiger partial charge in [-0.3, -0.25) is 9.48 Å². The molecule has 0 saturated heterocycles. The molecule has 0 aliphatic rings. The summed E-state index contributed by atoms with van der Waals surface area (Å²) in [5, 5.41) is 11.4. The smallest absolute Gasteiger partial charge is 0.287 e. The molecule has 0 atom stereocenters. The minimum Gasteiger partial charge on any atom is -0.383 e. The van der Waals surface area contributed by atoms with Crippen LogP contribution in [0.15, 0.2) is 23.3 Å². The molecule has 20 heavy (non-hydrogen) atoms. The SMILES string of the molecule is COCCn1ncc(NCc2ccn(C)n2)c(Cl)c1=O. The van der Waals surface area contributed by atoms with E-state index < -0.39 is 0 Å². The molecule has 108 valence electrons. The molecule has 0 aliphatic carbocycles. The quantitative estimate of drug-likeness (QED) is 0.857. The lowest BCUT2D eigenvalue weighted by molar-refractivity contribution is 0.182. The topological polar surface area (TPSA) is 74.0 Å². The Kier molecular flexibility index (Phi) is 4.75. The zero-order valence-electron chi connectivity index (χ0n) is 11.3. The van der Waals surface area contributed by atoms with Gasteiger partial charge in [-0.05, 0) is 6.07 Å². The summed E-state index contributed by atoms with van der Waals surface area (Å²) in [4.78, 5) is 12.0. The van der Waals surface area contributed by atoms with Crippen molar-refractivity contribution in [2.24, 2.45) is 7.05 Å². The standard InChI is InChI=1S/C12H16ClN5O2/c1-17-4-3-9(16-17)7-14-10-8-15-18(5-6-20-2)12(19)11(10)13/h3-4,8,14H,5-7H2,1-2H3. The molecule has 1 N–H and O–H groups in total. The summed E-state index contributed by atoms with van der Waals surface area (Å²) in [7, 11) is 3.41. The number of ether oxygens (including phenoxy) is 1. The van der Waals surface area contributed by atoms with Crippen molar-refractivity contribution in [2.75, 3.05) is 19.0 Å². The Labute approximate surface area is 121 Å². The summed E-state index contributed by atoms with van der Waals surface area (Å²) in [5.41, 5.74) is 1.01. The second-order valence-electron chi connectivity index (χ2n) is 4.23. The van der Waals surface area contributed by atoms with E-state index >= 15 is 0 Å². The molecule has 0 radical (unpaired) electrons. The average Bonchev–Trinajstić information content (AvgIpc) is 2.85. The Morgan fingerprint density at radius 3 is 2.95 bits per heavy atom. The number of hydrogen-bond donors (Lipinski definition) is 1. The van der Waals surface area contributed by atoms with Crippen LogP contribution >= 0.6 is 11.6 Å². The molecule has 0 unspecified atom stereocenters. The zero-order chi connectivity index (χ0) is 14.5. The van der Waals surface area contributed by atoms with Crippen molar-refractivity contribution in [3.8, 4) is 0 Å². The van der Waals surface area contributed by atoms with Gasteiger partial charge in [0.2, 0.25) is 0 Å². The lowest BCUT2D eigenvalue weighted by Gasteiger charge is -2.09. The van der Waals surface area contributed by atoms with Gasteiger partial charge in [-0.25, -0.2) is 4.68 Å². The molecule has 0 aromatic carbocycles. The van der Waals surface area contributed by atoms with Crippen molar-refractivity contribution in [1.29, 1.82) is 0 Å². The van der Waals surface area contributed by atoms with Crippen LogP contribution in [-0.2, 0) is 24.9 Å². The van der Waals surface area contributed by atoms with Crippen LogP contribution in [0.1, 0.15) is 5.69 Å². The van der Waals surface area contributed by atoms with Crippen LogP contribution < -0.4 is 10.9 Å². The summed E-state index contributed by atoms with van der Waals surface area (Å²) in [6.45, 7) is 1.25. The predicted molar refractivity (Wildman–Crippen MR) is 75.9 cm³/mol. The van der Waals surface area contributed by atoms with Crippen LogP contribution in [0, 0.1) is 0 Å². The Balaban J connectivity index is 2.09. The van der Waals surface area contributed by atoms with Gasteiger partial charge in [0, 0.05) is 20.4 Å². The third kappa shape index (κ3) is 3.37. The monoisotopic (exact) mass is 297 g/mol. The number of nitrogens with zero attached hydrogens (tertiary/aromatic N) is 4. The van der Waals surface area contributed by atoms with Gasteiger partial charge in [-0.2, -0.15) is 10.2 Å². The molecule has 2 aromatic heterocycles. The second kappa shape index (κ2) is 6.53. The highest BCUT2D eigenvalue weighted by Crippen LogP contribution is 2.15. The highest BCUT2D eigenvalue weighted by atomic mass is 35.5. The van der Waals surface area contributed by atoms with Crippen LogP contribution in [0.2, 0.25) is 5.02 Å². The highest BCUT2D eigenvalue weighted by molar-refractivity contribution is 6.32. The van der Waals surface area contributed by atoms with E-state index in [0.717, 1.165) is 5.69 Å².